The first-order valence-electron chi connectivity index (χ1n) is 32.8. The molecule has 0 bridgehead atoms. The van der Waals surface area contributed by atoms with Crippen LogP contribution in [0.3, 0.4) is 0 Å². The summed E-state index contributed by atoms with van der Waals surface area (Å²) in [4.78, 5) is 37.4. The minimum Gasteiger partial charge on any atom is -0.477 e. The van der Waals surface area contributed by atoms with Gasteiger partial charge in [0.15, 0.2) is 6.10 Å². The lowest BCUT2D eigenvalue weighted by Crippen LogP contribution is -2.40. The number of unbranched alkanes of at least 4 members (excludes halogenated alkanes) is 31. The average molecular weight is 1110 g/mol. The Morgan fingerprint density at radius 2 is 0.684 bits per heavy atom. The molecule has 0 rings (SSSR count). The van der Waals surface area contributed by atoms with E-state index in [2.05, 4.69) is 98.9 Å². The molecule has 1 N–H and O–H groups in total. The molecule has 0 saturated heterocycles. The van der Waals surface area contributed by atoms with Crippen molar-refractivity contribution in [3.63, 3.8) is 0 Å². The van der Waals surface area contributed by atoms with Crippen molar-refractivity contribution in [2.45, 2.75) is 296 Å². The second-order valence-corrected chi connectivity index (χ2v) is 23.0. The number of esters is 2. The molecule has 0 heterocycles. The minimum atomic E-state index is -1.52. The van der Waals surface area contributed by atoms with E-state index >= 15 is 0 Å². The van der Waals surface area contributed by atoms with Crippen LogP contribution in [0.25, 0.3) is 0 Å². The van der Waals surface area contributed by atoms with Gasteiger partial charge in [-0.1, -0.05) is 272 Å². The van der Waals surface area contributed by atoms with E-state index in [0.29, 0.717) is 11.0 Å². The molecule has 79 heavy (non-hydrogen) atoms. The second kappa shape index (κ2) is 60.6. The SMILES string of the molecule is CC/C=C\C/C=C\C/C=C\C/C=C\CCCCCCCCCCCCCCCCCCCCCCCCCCCCC(=O)OC(COC(=O)CCCCCCC/C=C\C/C=C\C/C=C\CC)COC(OCC[N+](C)(C)C)C(=O)O. The molecule has 0 radical (unpaired) electrons. The molecule has 0 aliphatic carbocycles. The van der Waals surface area contributed by atoms with Crippen molar-refractivity contribution in [2.75, 3.05) is 47.5 Å². The number of quaternary nitrogens is 1. The van der Waals surface area contributed by atoms with Gasteiger partial charge in [0, 0.05) is 12.8 Å². The number of carboxylic acids is 1. The summed E-state index contributed by atoms with van der Waals surface area (Å²) in [6.07, 6.45) is 78.5. The van der Waals surface area contributed by atoms with Crippen molar-refractivity contribution >= 4 is 17.9 Å². The monoisotopic (exact) mass is 1110 g/mol. The van der Waals surface area contributed by atoms with E-state index in [4.69, 9.17) is 18.9 Å². The molecule has 0 fully saturated rings. The highest BCUT2D eigenvalue weighted by molar-refractivity contribution is 5.71. The maximum atomic E-state index is 12.9. The van der Waals surface area contributed by atoms with Crippen LogP contribution in [-0.4, -0.2) is 87.4 Å². The molecule has 0 saturated carbocycles. The highest BCUT2D eigenvalue weighted by atomic mass is 16.7. The Bertz CT molecular complexity index is 1570. The van der Waals surface area contributed by atoms with Crippen LogP contribution in [0, 0.1) is 0 Å². The van der Waals surface area contributed by atoms with Crippen molar-refractivity contribution < 1.29 is 42.9 Å². The van der Waals surface area contributed by atoms with Gasteiger partial charge in [0.1, 0.15) is 13.2 Å². The Morgan fingerprint density at radius 1 is 0.380 bits per heavy atom. The van der Waals surface area contributed by atoms with Crippen molar-refractivity contribution in [3.05, 3.63) is 85.1 Å². The highest BCUT2D eigenvalue weighted by Crippen LogP contribution is 2.18. The predicted octanol–water partition coefficient (Wildman–Crippen LogP) is 19.9. The molecule has 0 aromatic carbocycles. The molecule has 9 nitrogen and oxygen atoms in total. The summed E-state index contributed by atoms with van der Waals surface area (Å²) in [5.41, 5.74) is 0. The highest BCUT2D eigenvalue weighted by Gasteiger charge is 2.25. The summed E-state index contributed by atoms with van der Waals surface area (Å²) in [5.74, 6) is -2.02. The topological polar surface area (TPSA) is 108 Å². The van der Waals surface area contributed by atoms with Gasteiger partial charge in [-0.15, -0.1) is 0 Å². The van der Waals surface area contributed by atoms with Crippen LogP contribution in [-0.2, 0) is 33.3 Å². The van der Waals surface area contributed by atoms with Crippen molar-refractivity contribution in [3.8, 4) is 0 Å². The third kappa shape index (κ3) is 61.9. The quantitative estimate of drug-likeness (QED) is 0.0211. The van der Waals surface area contributed by atoms with Crippen molar-refractivity contribution in [1.82, 2.24) is 0 Å². The van der Waals surface area contributed by atoms with E-state index in [1.807, 2.05) is 21.1 Å². The number of aliphatic carboxylic acids is 1. The van der Waals surface area contributed by atoms with Crippen LogP contribution in [0.1, 0.15) is 284 Å². The number of ether oxygens (including phenoxy) is 4. The molecular formula is C70H124NO8+. The van der Waals surface area contributed by atoms with Crippen LogP contribution in [0.15, 0.2) is 85.1 Å². The van der Waals surface area contributed by atoms with Crippen LogP contribution in [0.2, 0.25) is 0 Å². The van der Waals surface area contributed by atoms with Gasteiger partial charge in [-0.3, -0.25) is 9.59 Å². The molecule has 456 valence electrons. The average Bonchev–Trinajstić information content (AvgIpc) is 3.42. The van der Waals surface area contributed by atoms with Gasteiger partial charge in [-0.05, 0) is 83.5 Å². The molecule has 2 atom stereocenters. The zero-order valence-electron chi connectivity index (χ0n) is 52.0. The smallest absolute Gasteiger partial charge is 0.361 e. The molecule has 0 aromatic rings. The lowest BCUT2D eigenvalue weighted by Gasteiger charge is -2.25. The van der Waals surface area contributed by atoms with Gasteiger partial charge in [0.05, 0.1) is 34.4 Å². The summed E-state index contributed by atoms with van der Waals surface area (Å²) in [7, 11) is 5.97. The second-order valence-electron chi connectivity index (χ2n) is 23.0. The molecule has 0 aromatic heterocycles. The van der Waals surface area contributed by atoms with Crippen LogP contribution in [0.5, 0.6) is 0 Å². The number of carbonyl (C=O) groups excluding carboxylic acids is 2. The molecular weight excluding hydrogens is 983 g/mol. The summed E-state index contributed by atoms with van der Waals surface area (Å²) >= 11 is 0. The summed E-state index contributed by atoms with van der Waals surface area (Å²) in [6.45, 7) is 4.65. The Balaban J connectivity index is 3.97. The van der Waals surface area contributed by atoms with Gasteiger partial charge < -0.3 is 28.5 Å². The number of hydrogen-bond acceptors (Lipinski definition) is 7. The largest absolute Gasteiger partial charge is 0.477 e. The number of likely N-dealkylation sites (N-methyl/N-ethyl adjacent to an activating group) is 1. The van der Waals surface area contributed by atoms with Crippen molar-refractivity contribution in [1.29, 1.82) is 0 Å². The Hall–Kier alpha value is -3.53. The molecule has 0 amide bonds. The van der Waals surface area contributed by atoms with E-state index in [9.17, 15) is 19.5 Å². The lowest BCUT2D eigenvalue weighted by atomic mass is 10.0. The van der Waals surface area contributed by atoms with Crippen LogP contribution >= 0.6 is 0 Å². The van der Waals surface area contributed by atoms with E-state index in [-0.39, 0.29) is 38.6 Å². The van der Waals surface area contributed by atoms with Crippen molar-refractivity contribution in [2.24, 2.45) is 0 Å². The summed E-state index contributed by atoms with van der Waals surface area (Å²) in [5, 5.41) is 9.71. The molecule has 0 aliphatic heterocycles. The first kappa shape index (κ1) is 75.5. The fourth-order valence-corrected chi connectivity index (χ4v) is 9.20. The number of allylic oxidation sites excluding steroid dienone is 14. The van der Waals surface area contributed by atoms with E-state index in [1.165, 1.54) is 154 Å². The van der Waals surface area contributed by atoms with E-state index in [1.54, 1.807) is 0 Å². The third-order valence-corrected chi connectivity index (χ3v) is 14.1. The number of carbonyl (C=O) groups is 3. The number of nitrogens with zero attached hydrogens (tertiary/aromatic N) is 1. The van der Waals surface area contributed by atoms with Crippen LogP contribution in [0.4, 0.5) is 0 Å². The number of hydrogen-bond donors (Lipinski definition) is 1. The number of carboxylic acid groups (broad SMARTS) is 1. The zero-order valence-corrected chi connectivity index (χ0v) is 52.0. The lowest BCUT2D eigenvalue weighted by molar-refractivity contribution is -0.870. The summed E-state index contributed by atoms with van der Waals surface area (Å²) < 4.78 is 22.9. The van der Waals surface area contributed by atoms with E-state index < -0.39 is 24.3 Å². The minimum absolute atomic E-state index is 0.184. The number of rotatable bonds is 60. The fraction of sp³-hybridized carbons (Fsp3) is 0.757. The van der Waals surface area contributed by atoms with Gasteiger partial charge in [0.2, 0.25) is 0 Å². The molecule has 2 unspecified atom stereocenters. The standard InChI is InChI=1S/C70H123NO8/c1-6-8-10-12-14-16-18-20-22-23-24-25-26-27-28-29-30-31-32-33-34-35-36-37-38-39-40-41-42-43-44-45-47-49-51-53-55-57-59-61-68(73)79-66(65-78-70(69(74)75)76-63-62-71(3,4)5)64-77-67(72)60-58-56-54-52-50-48-46-21-19-17-15-13-11-9-7-2/h8-11,14-17,20-22,24-25,46,66,70H,6-7,12-13,18-19,23,26-45,47-65H2,1-5H3/p+1/b10-8-,11-9-,16-14-,17-15-,22-20-,25-24-,46-21-. The molecule has 0 aliphatic rings. The third-order valence-electron chi connectivity index (χ3n) is 14.1. The summed E-state index contributed by atoms with van der Waals surface area (Å²) in [6, 6.07) is 0. The van der Waals surface area contributed by atoms with Gasteiger partial charge in [-0.2, -0.15) is 0 Å². The van der Waals surface area contributed by atoms with Gasteiger partial charge in [-0.25, -0.2) is 4.79 Å². The normalized spacial score (nSPS) is 13.3. The van der Waals surface area contributed by atoms with Gasteiger partial charge in [0.25, 0.3) is 6.29 Å². The van der Waals surface area contributed by atoms with Crippen LogP contribution < -0.4 is 0 Å². The van der Waals surface area contributed by atoms with E-state index in [0.717, 1.165) is 103 Å². The Kier molecular flexibility index (Phi) is 57.9. The van der Waals surface area contributed by atoms with Gasteiger partial charge >= 0.3 is 17.9 Å². The zero-order chi connectivity index (χ0) is 57.6. The predicted molar refractivity (Wildman–Crippen MR) is 336 cm³/mol. The molecule has 9 heteroatoms. The first-order chi connectivity index (χ1) is 38.6. The maximum absolute atomic E-state index is 12.9. The Labute approximate surface area is 487 Å². The maximum Gasteiger partial charge on any atom is 0.361 e. The Morgan fingerprint density at radius 3 is 1.01 bits per heavy atom. The first-order valence-corrected chi connectivity index (χ1v) is 32.8. The molecule has 0 spiro atoms. The fourth-order valence-electron chi connectivity index (χ4n) is 9.20.